The molecule has 0 unspecified atom stereocenters. The molecule has 4 rings (SSSR count). The van der Waals surface area contributed by atoms with Gasteiger partial charge in [0.15, 0.2) is 11.5 Å². The number of rotatable bonds is 6. The lowest BCUT2D eigenvalue weighted by Gasteiger charge is -2.29. The highest BCUT2D eigenvalue weighted by molar-refractivity contribution is 7.99. The van der Waals surface area contributed by atoms with E-state index in [0.717, 1.165) is 4.90 Å². The van der Waals surface area contributed by atoms with Crippen LogP contribution < -0.4 is 9.47 Å². The maximum absolute atomic E-state index is 12.4. The van der Waals surface area contributed by atoms with Gasteiger partial charge in [-0.2, -0.15) is 0 Å². The highest BCUT2D eigenvalue weighted by Gasteiger charge is 2.26. The predicted octanol–water partition coefficient (Wildman–Crippen LogP) is 3.85. The predicted molar refractivity (Wildman–Crippen MR) is 121 cm³/mol. The Hall–Kier alpha value is -3.53. The molecule has 2 aliphatic rings. The van der Waals surface area contributed by atoms with Gasteiger partial charge in [-0.25, -0.2) is 0 Å². The number of aliphatic carboxylic acids is 1. The normalized spacial score (nSPS) is 16.1. The molecule has 2 aromatic carbocycles. The molecular formula is C23H22N2O7S. The van der Waals surface area contributed by atoms with Gasteiger partial charge in [0.1, 0.15) is 13.2 Å². The lowest BCUT2D eigenvalue weighted by Crippen LogP contribution is -2.39. The van der Waals surface area contributed by atoms with Crippen LogP contribution in [-0.4, -0.2) is 53.1 Å². The molecule has 0 aromatic heterocycles. The summed E-state index contributed by atoms with van der Waals surface area (Å²) < 4.78 is 11.1. The van der Waals surface area contributed by atoms with E-state index in [9.17, 15) is 19.7 Å². The van der Waals surface area contributed by atoms with E-state index in [1.54, 1.807) is 29.2 Å². The molecule has 1 N–H and O–H groups in total. The standard InChI is InChI=1S/C23H22N2O7S/c26-22(24-9-7-16(8-10-24)23(27)28)6-2-15-1-5-21(18(13-15)25(29)30)33-17-3-4-19-20(14-17)32-12-11-31-19/h1-6,13-14,16H,7-12H2,(H,27,28)/b6-2+. The number of carbonyl (C=O) groups is 2. The van der Waals surface area contributed by atoms with Gasteiger partial charge in [0.2, 0.25) is 5.91 Å². The third-order valence-electron chi connectivity index (χ3n) is 5.50. The van der Waals surface area contributed by atoms with Crippen molar-refractivity contribution < 1.29 is 29.1 Å². The molecule has 0 saturated carbocycles. The molecule has 9 nitrogen and oxygen atoms in total. The molecule has 33 heavy (non-hydrogen) atoms. The summed E-state index contributed by atoms with van der Waals surface area (Å²) >= 11 is 1.25. The van der Waals surface area contributed by atoms with E-state index >= 15 is 0 Å². The number of carboxylic acid groups (broad SMARTS) is 1. The minimum Gasteiger partial charge on any atom is -0.486 e. The number of nitro groups is 1. The summed E-state index contributed by atoms with van der Waals surface area (Å²) in [5, 5.41) is 20.7. The Kier molecular flexibility index (Phi) is 6.83. The number of carbonyl (C=O) groups excluding carboxylic acids is 1. The van der Waals surface area contributed by atoms with Gasteiger partial charge >= 0.3 is 5.97 Å². The van der Waals surface area contributed by atoms with Crippen LogP contribution in [0.5, 0.6) is 11.5 Å². The van der Waals surface area contributed by atoms with E-state index in [0.29, 0.717) is 61.1 Å². The van der Waals surface area contributed by atoms with Gasteiger partial charge < -0.3 is 19.5 Å². The first-order valence-electron chi connectivity index (χ1n) is 10.5. The second-order valence-electron chi connectivity index (χ2n) is 7.66. The van der Waals surface area contributed by atoms with Gasteiger partial charge in [0.25, 0.3) is 5.69 Å². The Bertz CT molecular complexity index is 1110. The summed E-state index contributed by atoms with van der Waals surface area (Å²) in [5.74, 6) is -0.230. The van der Waals surface area contributed by atoms with E-state index < -0.39 is 16.8 Å². The molecule has 2 heterocycles. The van der Waals surface area contributed by atoms with Crippen LogP contribution in [0, 0.1) is 16.0 Å². The maximum atomic E-state index is 12.4. The molecule has 2 aromatic rings. The van der Waals surface area contributed by atoms with Crippen molar-refractivity contribution >= 4 is 35.4 Å². The van der Waals surface area contributed by atoms with Crippen molar-refractivity contribution in [1.82, 2.24) is 4.90 Å². The maximum Gasteiger partial charge on any atom is 0.306 e. The summed E-state index contributed by atoms with van der Waals surface area (Å²) in [5.41, 5.74) is 0.466. The number of hydrogen-bond acceptors (Lipinski definition) is 7. The number of fused-ring (bicyclic) bond motifs is 1. The van der Waals surface area contributed by atoms with Crippen LogP contribution in [0.4, 0.5) is 5.69 Å². The number of amides is 1. The zero-order valence-electron chi connectivity index (χ0n) is 17.6. The minimum absolute atomic E-state index is 0.0632. The molecule has 0 bridgehead atoms. The van der Waals surface area contributed by atoms with E-state index in [1.165, 1.54) is 30.0 Å². The number of hydrogen-bond donors (Lipinski definition) is 1. The molecular weight excluding hydrogens is 448 g/mol. The second kappa shape index (κ2) is 9.95. The lowest BCUT2D eigenvalue weighted by atomic mass is 9.97. The molecule has 172 valence electrons. The Morgan fingerprint density at radius 2 is 1.82 bits per heavy atom. The minimum atomic E-state index is -0.834. The van der Waals surface area contributed by atoms with Crippen molar-refractivity contribution in [3.8, 4) is 11.5 Å². The molecule has 1 amide bonds. The van der Waals surface area contributed by atoms with Crippen LogP contribution in [0.1, 0.15) is 18.4 Å². The number of nitro benzene ring substituents is 1. The highest BCUT2D eigenvalue weighted by Crippen LogP contribution is 2.40. The van der Waals surface area contributed by atoms with Gasteiger partial charge in [-0.15, -0.1) is 0 Å². The largest absolute Gasteiger partial charge is 0.486 e. The van der Waals surface area contributed by atoms with Crippen LogP contribution in [0.25, 0.3) is 6.08 Å². The van der Waals surface area contributed by atoms with Gasteiger partial charge in [-0.05, 0) is 48.7 Å². The summed E-state index contributed by atoms with van der Waals surface area (Å²) in [4.78, 5) is 37.5. The Morgan fingerprint density at radius 3 is 2.52 bits per heavy atom. The Morgan fingerprint density at radius 1 is 1.09 bits per heavy atom. The van der Waals surface area contributed by atoms with Gasteiger partial charge in [-0.3, -0.25) is 19.7 Å². The average Bonchev–Trinajstić information content (AvgIpc) is 2.83. The topological polar surface area (TPSA) is 119 Å². The smallest absolute Gasteiger partial charge is 0.306 e. The lowest BCUT2D eigenvalue weighted by molar-refractivity contribution is -0.387. The summed E-state index contributed by atoms with van der Waals surface area (Å²) in [6.07, 6.45) is 3.75. The number of ether oxygens (including phenoxy) is 2. The van der Waals surface area contributed by atoms with Crippen molar-refractivity contribution in [2.45, 2.75) is 22.6 Å². The van der Waals surface area contributed by atoms with Crippen LogP contribution >= 0.6 is 11.8 Å². The molecule has 1 fully saturated rings. The number of benzene rings is 2. The number of piperidine rings is 1. The van der Waals surface area contributed by atoms with Crippen molar-refractivity contribution in [3.63, 3.8) is 0 Å². The number of nitrogens with zero attached hydrogens (tertiary/aromatic N) is 2. The quantitative estimate of drug-likeness (QED) is 0.384. The molecule has 1 saturated heterocycles. The summed E-state index contributed by atoms with van der Waals surface area (Å²) in [6, 6.07) is 10.2. The first-order valence-corrected chi connectivity index (χ1v) is 11.3. The molecule has 10 heteroatoms. The number of carboxylic acids is 1. The Labute approximate surface area is 194 Å². The first kappa shape index (κ1) is 22.7. The third kappa shape index (κ3) is 5.46. The monoisotopic (exact) mass is 470 g/mol. The van der Waals surface area contributed by atoms with Crippen LogP contribution in [-0.2, 0) is 9.59 Å². The van der Waals surface area contributed by atoms with Crippen LogP contribution in [0.3, 0.4) is 0 Å². The Balaban J connectivity index is 1.45. The molecule has 0 atom stereocenters. The third-order valence-corrected chi connectivity index (χ3v) is 6.55. The van der Waals surface area contributed by atoms with Crippen molar-refractivity contribution in [3.05, 3.63) is 58.2 Å². The highest BCUT2D eigenvalue weighted by atomic mass is 32.2. The summed E-state index contributed by atoms with van der Waals surface area (Å²) in [7, 11) is 0. The summed E-state index contributed by atoms with van der Waals surface area (Å²) in [6.45, 7) is 1.71. The van der Waals surface area contributed by atoms with E-state index in [-0.39, 0.29) is 11.6 Å². The van der Waals surface area contributed by atoms with E-state index in [1.807, 2.05) is 6.07 Å². The van der Waals surface area contributed by atoms with Crippen LogP contribution in [0.15, 0.2) is 52.3 Å². The first-order chi connectivity index (χ1) is 15.9. The van der Waals surface area contributed by atoms with Crippen LogP contribution in [0.2, 0.25) is 0 Å². The molecule has 0 spiro atoms. The van der Waals surface area contributed by atoms with Crippen molar-refractivity contribution in [2.24, 2.45) is 5.92 Å². The average molecular weight is 471 g/mol. The SMILES string of the molecule is O=C(O)C1CCN(C(=O)/C=C/c2ccc(Sc3ccc4c(c3)OCCO4)c([N+](=O)[O-])c2)CC1. The van der Waals surface area contributed by atoms with E-state index in [4.69, 9.17) is 14.6 Å². The van der Waals surface area contributed by atoms with E-state index in [2.05, 4.69) is 0 Å². The van der Waals surface area contributed by atoms with Gasteiger partial charge in [-0.1, -0.05) is 17.8 Å². The van der Waals surface area contributed by atoms with Gasteiger partial charge in [0.05, 0.1) is 15.7 Å². The molecule has 0 radical (unpaired) electrons. The zero-order valence-corrected chi connectivity index (χ0v) is 18.5. The second-order valence-corrected chi connectivity index (χ2v) is 8.78. The molecule has 2 aliphatic heterocycles. The van der Waals surface area contributed by atoms with Crippen molar-refractivity contribution in [1.29, 1.82) is 0 Å². The fourth-order valence-electron chi connectivity index (χ4n) is 3.70. The fourth-order valence-corrected chi connectivity index (χ4v) is 4.63. The zero-order chi connectivity index (χ0) is 23.4. The molecule has 0 aliphatic carbocycles. The number of likely N-dealkylation sites (tertiary alicyclic amines) is 1. The fraction of sp³-hybridized carbons (Fsp3) is 0.304. The van der Waals surface area contributed by atoms with Gasteiger partial charge in [0, 0.05) is 30.1 Å². The van der Waals surface area contributed by atoms with Crippen molar-refractivity contribution in [2.75, 3.05) is 26.3 Å².